The monoisotopic (exact) mass is 422 g/mol. The van der Waals surface area contributed by atoms with Crippen LogP contribution in [-0.4, -0.2) is 46.0 Å². The summed E-state index contributed by atoms with van der Waals surface area (Å²) in [7, 11) is 0. The number of para-hydroxylation sites is 1. The van der Waals surface area contributed by atoms with Gasteiger partial charge in [0.25, 0.3) is 11.8 Å². The third-order valence-corrected chi connectivity index (χ3v) is 5.34. The van der Waals surface area contributed by atoms with Crippen molar-refractivity contribution in [3.63, 3.8) is 0 Å². The minimum absolute atomic E-state index is 0.311. The minimum atomic E-state index is -0.500. The van der Waals surface area contributed by atoms with Crippen molar-refractivity contribution < 1.29 is 19.1 Å². The Morgan fingerprint density at radius 2 is 1.63 bits per heavy atom. The quantitative estimate of drug-likeness (QED) is 0.442. The third-order valence-electron chi connectivity index (χ3n) is 4.44. The number of amides is 3. The number of nitrogens with one attached hydrogen (secondary N) is 1. The van der Waals surface area contributed by atoms with Gasteiger partial charge in [-0.05, 0) is 30.7 Å². The number of nitrogens with zero attached hydrogens (tertiary/aromatic N) is 3. The lowest BCUT2D eigenvalue weighted by atomic mass is 10.1. The van der Waals surface area contributed by atoms with E-state index in [0.717, 1.165) is 22.1 Å². The van der Waals surface area contributed by atoms with E-state index >= 15 is 0 Å². The summed E-state index contributed by atoms with van der Waals surface area (Å²) < 4.78 is 5.64. The number of aryl methyl sites for hydroxylation is 1. The van der Waals surface area contributed by atoms with Crippen molar-refractivity contribution in [2.24, 2.45) is 0 Å². The molecule has 1 aliphatic rings. The zero-order valence-electron chi connectivity index (χ0n) is 15.9. The maximum atomic E-state index is 12.3. The standard InChI is InChI=1S/C21H18N4O4S/c26-17(13-25-19(27)15-9-4-5-10-16(15)20(25)28)22-21-24-23-18(30-21)11-6-12-29-14-7-2-1-3-8-14/h1-5,7-10H,6,11-13H2,(H,22,24,26). The molecule has 3 amide bonds. The number of fused-ring (bicyclic) bond motifs is 1. The van der Waals surface area contributed by atoms with Gasteiger partial charge < -0.3 is 4.74 Å². The van der Waals surface area contributed by atoms with E-state index in [1.54, 1.807) is 24.3 Å². The molecule has 0 atom stereocenters. The lowest BCUT2D eigenvalue weighted by Crippen LogP contribution is -2.37. The number of hydrogen-bond donors (Lipinski definition) is 1. The van der Waals surface area contributed by atoms with Crippen molar-refractivity contribution >= 4 is 34.2 Å². The normalized spacial score (nSPS) is 12.7. The van der Waals surface area contributed by atoms with Gasteiger partial charge in [0.15, 0.2) is 0 Å². The summed E-state index contributed by atoms with van der Waals surface area (Å²) in [4.78, 5) is 37.9. The minimum Gasteiger partial charge on any atom is -0.494 e. The molecule has 0 spiro atoms. The highest BCUT2D eigenvalue weighted by molar-refractivity contribution is 7.15. The van der Waals surface area contributed by atoms with Gasteiger partial charge in [0.2, 0.25) is 11.0 Å². The second-order valence-corrected chi connectivity index (χ2v) is 7.62. The summed E-state index contributed by atoms with van der Waals surface area (Å²) in [5, 5.41) is 11.7. The van der Waals surface area contributed by atoms with Gasteiger partial charge in [-0.1, -0.05) is 41.7 Å². The van der Waals surface area contributed by atoms with E-state index in [9.17, 15) is 14.4 Å². The van der Waals surface area contributed by atoms with Gasteiger partial charge in [-0.25, -0.2) is 0 Å². The van der Waals surface area contributed by atoms with Crippen LogP contribution in [0.5, 0.6) is 5.75 Å². The van der Waals surface area contributed by atoms with Crippen molar-refractivity contribution in [1.82, 2.24) is 15.1 Å². The van der Waals surface area contributed by atoms with E-state index in [-0.39, 0.29) is 6.54 Å². The number of hydrogen-bond acceptors (Lipinski definition) is 7. The van der Waals surface area contributed by atoms with E-state index in [1.807, 2.05) is 30.3 Å². The highest BCUT2D eigenvalue weighted by Crippen LogP contribution is 2.22. The van der Waals surface area contributed by atoms with Crippen LogP contribution in [0, 0.1) is 0 Å². The van der Waals surface area contributed by atoms with Gasteiger partial charge in [0.05, 0.1) is 17.7 Å². The van der Waals surface area contributed by atoms with Crippen LogP contribution in [-0.2, 0) is 11.2 Å². The van der Waals surface area contributed by atoms with Crippen LogP contribution >= 0.6 is 11.3 Å². The van der Waals surface area contributed by atoms with Crippen molar-refractivity contribution in [2.75, 3.05) is 18.5 Å². The molecule has 0 radical (unpaired) electrons. The van der Waals surface area contributed by atoms with Gasteiger partial charge in [-0.15, -0.1) is 10.2 Å². The fourth-order valence-corrected chi connectivity index (χ4v) is 3.82. The molecule has 30 heavy (non-hydrogen) atoms. The Balaban J connectivity index is 1.25. The number of carbonyl (C=O) groups excluding carboxylic acids is 3. The fraction of sp³-hybridized carbons (Fsp3) is 0.190. The fourth-order valence-electron chi connectivity index (χ4n) is 3.02. The Hall–Kier alpha value is -3.59. The Morgan fingerprint density at radius 1 is 0.967 bits per heavy atom. The zero-order chi connectivity index (χ0) is 20.9. The molecule has 1 aromatic heterocycles. The Morgan fingerprint density at radius 3 is 2.33 bits per heavy atom. The van der Waals surface area contributed by atoms with E-state index in [4.69, 9.17) is 4.74 Å². The summed E-state index contributed by atoms with van der Waals surface area (Å²) in [5.41, 5.74) is 0.623. The first-order chi connectivity index (χ1) is 14.6. The molecular formula is C21H18N4O4S. The first kappa shape index (κ1) is 19.7. The average Bonchev–Trinajstić information content (AvgIpc) is 3.30. The molecule has 0 fully saturated rings. The van der Waals surface area contributed by atoms with Crippen molar-refractivity contribution in [1.29, 1.82) is 0 Å². The van der Waals surface area contributed by atoms with E-state index < -0.39 is 17.7 Å². The van der Waals surface area contributed by atoms with Crippen molar-refractivity contribution in [2.45, 2.75) is 12.8 Å². The van der Waals surface area contributed by atoms with Crippen molar-refractivity contribution in [3.8, 4) is 5.75 Å². The molecule has 1 N–H and O–H groups in total. The molecular weight excluding hydrogens is 404 g/mol. The zero-order valence-corrected chi connectivity index (χ0v) is 16.7. The molecule has 1 aliphatic heterocycles. The number of anilines is 1. The Bertz CT molecular complexity index is 1050. The molecule has 0 unspecified atom stereocenters. The summed E-state index contributed by atoms with van der Waals surface area (Å²) in [6, 6.07) is 16.1. The average molecular weight is 422 g/mol. The van der Waals surface area contributed by atoms with Gasteiger partial charge >= 0.3 is 0 Å². The maximum Gasteiger partial charge on any atom is 0.262 e. The predicted octanol–water partition coefficient (Wildman–Crippen LogP) is 2.78. The molecule has 4 rings (SSSR count). The maximum absolute atomic E-state index is 12.3. The largest absolute Gasteiger partial charge is 0.494 e. The van der Waals surface area contributed by atoms with Crippen LogP contribution in [0.15, 0.2) is 54.6 Å². The van der Waals surface area contributed by atoms with Crippen LogP contribution in [0.4, 0.5) is 5.13 Å². The van der Waals surface area contributed by atoms with Gasteiger partial charge in [-0.2, -0.15) is 0 Å². The SMILES string of the molecule is O=C(CN1C(=O)c2ccccc2C1=O)Nc1nnc(CCCOc2ccccc2)s1. The van der Waals surface area contributed by atoms with Gasteiger partial charge in [-0.3, -0.25) is 24.6 Å². The van der Waals surface area contributed by atoms with Gasteiger partial charge in [0, 0.05) is 6.42 Å². The Labute approximate surface area is 176 Å². The highest BCUT2D eigenvalue weighted by Gasteiger charge is 2.36. The molecule has 0 aliphatic carbocycles. The van der Waals surface area contributed by atoms with Crippen LogP contribution < -0.4 is 10.1 Å². The summed E-state index contributed by atoms with van der Waals surface area (Å²) in [5.74, 6) is -0.625. The second kappa shape index (κ2) is 8.83. The molecule has 2 aromatic carbocycles. The molecule has 152 valence electrons. The Kier molecular flexibility index (Phi) is 5.80. The van der Waals surface area contributed by atoms with Gasteiger partial charge in [0.1, 0.15) is 17.3 Å². The number of benzene rings is 2. The highest BCUT2D eigenvalue weighted by atomic mass is 32.1. The summed E-state index contributed by atoms with van der Waals surface area (Å²) in [6.45, 7) is 0.178. The molecule has 8 nitrogen and oxygen atoms in total. The van der Waals surface area contributed by atoms with Crippen LogP contribution in [0.25, 0.3) is 0 Å². The number of imide groups is 1. The number of ether oxygens (including phenoxy) is 1. The molecule has 0 saturated carbocycles. The van der Waals surface area contributed by atoms with Crippen LogP contribution in [0.3, 0.4) is 0 Å². The molecule has 9 heteroatoms. The molecule has 0 saturated heterocycles. The van der Waals surface area contributed by atoms with E-state index in [1.165, 1.54) is 11.3 Å². The lowest BCUT2D eigenvalue weighted by molar-refractivity contribution is -0.116. The van der Waals surface area contributed by atoms with E-state index in [0.29, 0.717) is 29.3 Å². The molecule has 0 bridgehead atoms. The van der Waals surface area contributed by atoms with Crippen LogP contribution in [0.1, 0.15) is 32.1 Å². The van der Waals surface area contributed by atoms with Crippen molar-refractivity contribution in [3.05, 3.63) is 70.7 Å². The van der Waals surface area contributed by atoms with E-state index in [2.05, 4.69) is 15.5 Å². The number of aromatic nitrogens is 2. The second-order valence-electron chi connectivity index (χ2n) is 6.56. The molecule has 3 aromatic rings. The van der Waals surface area contributed by atoms with Crippen LogP contribution in [0.2, 0.25) is 0 Å². The number of carbonyl (C=O) groups is 3. The smallest absolute Gasteiger partial charge is 0.262 e. The summed E-state index contributed by atoms with van der Waals surface area (Å²) in [6.07, 6.45) is 1.42. The molecule has 2 heterocycles. The predicted molar refractivity (Wildman–Crippen MR) is 111 cm³/mol. The summed E-state index contributed by atoms with van der Waals surface area (Å²) >= 11 is 1.26. The lowest BCUT2D eigenvalue weighted by Gasteiger charge is -2.12. The first-order valence-corrected chi connectivity index (χ1v) is 10.2. The topological polar surface area (TPSA) is 101 Å². The third kappa shape index (κ3) is 4.36. The first-order valence-electron chi connectivity index (χ1n) is 9.37. The number of rotatable bonds is 8.